The van der Waals surface area contributed by atoms with E-state index in [1.807, 2.05) is 18.7 Å². The van der Waals surface area contributed by atoms with Gasteiger partial charge in [-0.2, -0.15) is 0 Å². The van der Waals surface area contributed by atoms with Crippen molar-refractivity contribution in [2.45, 2.75) is 13.8 Å². The first-order valence-corrected chi connectivity index (χ1v) is 7.47. The predicted molar refractivity (Wildman–Crippen MR) is 89.6 cm³/mol. The highest BCUT2D eigenvalue weighted by Gasteiger charge is 2.09. The third-order valence-electron chi connectivity index (χ3n) is 3.02. The zero-order chi connectivity index (χ0) is 15.7. The number of amides is 1. The van der Waals surface area contributed by atoms with E-state index in [-0.39, 0.29) is 5.91 Å². The standard InChI is InChI=1S/C15H23N3O2S/c1-3-18(9-10-20-4-2)11-14(19)17-13-7-5-12(6-8-13)15(16)21/h5-8H,3-4,9-11H2,1-2H3,(H2,16,21)(H,17,19). The molecule has 0 aliphatic rings. The van der Waals surface area contributed by atoms with Gasteiger partial charge in [-0.05, 0) is 37.7 Å². The number of carbonyl (C=O) groups is 1. The lowest BCUT2D eigenvalue weighted by atomic mass is 10.2. The molecule has 0 heterocycles. The molecule has 116 valence electrons. The molecule has 1 aromatic rings. The zero-order valence-electron chi connectivity index (χ0n) is 12.6. The maximum Gasteiger partial charge on any atom is 0.238 e. The van der Waals surface area contributed by atoms with E-state index in [4.69, 9.17) is 22.7 Å². The molecule has 0 saturated carbocycles. The van der Waals surface area contributed by atoms with Gasteiger partial charge in [0.25, 0.3) is 0 Å². The molecule has 3 N–H and O–H groups in total. The van der Waals surface area contributed by atoms with E-state index >= 15 is 0 Å². The Labute approximate surface area is 131 Å². The van der Waals surface area contributed by atoms with E-state index in [2.05, 4.69) is 5.32 Å². The van der Waals surface area contributed by atoms with Crippen molar-refractivity contribution < 1.29 is 9.53 Å². The first kappa shape index (κ1) is 17.6. The average molecular weight is 309 g/mol. The number of thiocarbonyl (C=S) groups is 1. The Morgan fingerprint density at radius 3 is 2.52 bits per heavy atom. The second-order valence-electron chi connectivity index (χ2n) is 4.56. The monoisotopic (exact) mass is 309 g/mol. The first-order chi connectivity index (χ1) is 10.1. The minimum Gasteiger partial charge on any atom is -0.389 e. The van der Waals surface area contributed by atoms with Gasteiger partial charge < -0.3 is 15.8 Å². The largest absolute Gasteiger partial charge is 0.389 e. The van der Waals surface area contributed by atoms with Gasteiger partial charge in [0.05, 0.1) is 13.2 Å². The van der Waals surface area contributed by atoms with Crippen LogP contribution >= 0.6 is 12.2 Å². The summed E-state index contributed by atoms with van der Waals surface area (Å²) in [4.78, 5) is 14.4. The van der Waals surface area contributed by atoms with E-state index in [0.29, 0.717) is 24.7 Å². The van der Waals surface area contributed by atoms with Crippen molar-refractivity contribution >= 4 is 28.8 Å². The Bertz CT molecular complexity index is 462. The van der Waals surface area contributed by atoms with Crippen LogP contribution in [0.15, 0.2) is 24.3 Å². The van der Waals surface area contributed by atoms with Crippen molar-refractivity contribution in [3.8, 4) is 0 Å². The van der Waals surface area contributed by atoms with Gasteiger partial charge in [-0.25, -0.2) is 0 Å². The molecule has 0 radical (unpaired) electrons. The van der Waals surface area contributed by atoms with Gasteiger partial charge in [-0.1, -0.05) is 19.1 Å². The van der Waals surface area contributed by atoms with Crippen LogP contribution in [0, 0.1) is 0 Å². The molecular formula is C15H23N3O2S. The highest BCUT2D eigenvalue weighted by molar-refractivity contribution is 7.80. The number of likely N-dealkylation sites (N-methyl/N-ethyl adjacent to an activating group) is 1. The van der Waals surface area contributed by atoms with Crippen LogP contribution in [0.3, 0.4) is 0 Å². The number of nitrogens with one attached hydrogen (secondary N) is 1. The van der Waals surface area contributed by atoms with Crippen LogP contribution < -0.4 is 11.1 Å². The molecule has 0 aliphatic heterocycles. The Morgan fingerprint density at radius 2 is 2.00 bits per heavy atom. The Morgan fingerprint density at radius 1 is 1.33 bits per heavy atom. The lowest BCUT2D eigenvalue weighted by Crippen LogP contribution is -2.35. The van der Waals surface area contributed by atoms with Gasteiger partial charge in [-0.3, -0.25) is 9.69 Å². The number of hydrogen-bond acceptors (Lipinski definition) is 4. The highest BCUT2D eigenvalue weighted by Crippen LogP contribution is 2.09. The summed E-state index contributed by atoms with van der Waals surface area (Å²) in [7, 11) is 0. The summed E-state index contributed by atoms with van der Waals surface area (Å²) >= 11 is 4.89. The summed E-state index contributed by atoms with van der Waals surface area (Å²) in [6, 6.07) is 7.18. The van der Waals surface area contributed by atoms with Gasteiger partial charge >= 0.3 is 0 Å². The van der Waals surface area contributed by atoms with E-state index in [9.17, 15) is 4.79 Å². The lowest BCUT2D eigenvalue weighted by Gasteiger charge is -2.19. The molecule has 21 heavy (non-hydrogen) atoms. The topological polar surface area (TPSA) is 67.6 Å². The molecule has 0 aliphatic carbocycles. The Hall–Kier alpha value is -1.50. The molecule has 0 unspecified atom stereocenters. The number of ether oxygens (including phenoxy) is 1. The molecule has 0 bridgehead atoms. The van der Waals surface area contributed by atoms with Crippen molar-refractivity contribution in [3.05, 3.63) is 29.8 Å². The zero-order valence-corrected chi connectivity index (χ0v) is 13.4. The lowest BCUT2D eigenvalue weighted by molar-refractivity contribution is -0.117. The molecule has 0 spiro atoms. The first-order valence-electron chi connectivity index (χ1n) is 7.06. The van der Waals surface area contributed by atoms with Gasteiger partial charge in [0.15, 0.2) is 0 Å². The summed E-state index contributed by atoms with van der Waals surface area (Å²) in [5, 5.41) is 2.86. The molecular weight excluding hydrogens is 286 g/mol. The van der Waals surface area contributed by atoms with Crippen LogP contribution in [-0.4, -0.2) is 48.6 Å². The smallest absolute Gasteiger partial charge is 0.238 e. The number of nitrogens with zero attached hydrogens (tertiary/aromatic N) is 1. The Kier molecular flexibility index (Phi) is 7.89. The average Bonchev–Trinajstić information content (AvgIpc) is 2.47. The summed E-state index contributed by atoms with van der Waals surface area (Å²) in [6.45, 7) is 7.22. The van der Waals surface area contributed by atoms with Crippen LogP contribution in [-0.2, 0) is 9.53 Å². The highest BCUT2D eigenvalue weighted by atomic mass is 32.1. The number of nitrogens with two attached hydrogens (primary N) is 1. The predicted octanol–water partition coefficient (Wildman–Crippen LogP) is 1.62. The van der Waals surface area contributed by atoms with Crippen LogP contribution in [0.25, 0.3) is 0 Å². The molecule has 0 fully saturated rings. The summed E-state index contributed by atoms with van der Waals surface area (Å²) < 4.78 is 5.30. The minimum absolute atomic E-state index is 0.0450. The number of carbonyl (C=O) groups excluding carboxylic acids is 1. The van der Waals surface area contributed by atoms with Crippen LogP contribution in [0.5, 0.6) is 0 Å². The normalized spacial score (nSPS) is 10.6. The SMILES string of the molecule is CCOCCN(CC)CC(=O)Nc1ccc(C(N)=S)cc1. The third-order valence-corrected chi connectivity index (χ3v) is 3.26. The van der Waals surface area contributed by atoms with Crippen molar-refractivity contribution in [1.29, 1.82) is 0 Å². The van der Waals surface area contributed by atoms with E-state index < -0.39 is 0 Å². The second kappa shape index (κ2) is 9.44. The van der Waals surface area contributed by atoms with Gasteiger partial charge in [0.1, 0.15) is 4.99 Å². The number of benzene rings is 1. The van der Waals surface area contributed by atoms with Crippen molar-refractivity contribution in [2.24, 2.45) is 5.73 Å². The van der Waals surface area contributed by atoms with Crippen molar-refractivity contribution in [2.75, 3.05) is 38.2 Å². The van der Waals surface area contributed by atoms with Gasteiger partial charge in [0.2, 0.25) is 5.91 Å². The molecule has 1 rings (SSSR count). The number of rotatable bonds is 9. The molecule has 1 amide bonds. The van der Waals surface area contributed by atoms with E-state index in [0.717, 1.165) is 24.3 Å². The Balaban J connectivity index is 2.46. The summed E-state index contributed by atoms with van der Waals surface area (Å²) in [5.74, 6) is -0.0450. The molecule has 1 aromatic carbocycles. The molecule has 0 aromatic heterocycles. The summed E-state index contributed by atoms with van der Waals surface area (Å²) in [6.07, 6.45) is 0. The van der Waals surface area contributed by atoms with Crippen LogP contribution in [0.1, 0.15) is 19.4 Å². The van der Waals surface area contributed by atoms with Gasteiger partial charge in [0, 0.05) is 24.4 Å². The fourth-order valence-corrected chi connectivity index (χ4v) is 1.94. The van der Waals surface area contributed by atoms with Crippen LogP contribution in [0.2, 0.25) is 0 Å². The maximum atomic E-state index is 12.0. The maximum absolute atomic E-state index is 12.0. The molecule has 6 heteroatoms. The molecule has 0 saturated heterocycles. The fraction of sp³-hybridized carbons (Fsp3) is 0.467. The second-order valence-corrected chi connectivity index (χ2v) is 5.00. The van der Waals surface area contributed by atoms with E-state index in [1.54, 1.807) is 24.3 Å². The quantitative estimate of drug-likeness (QED) is 0.536. The minimum atomic E-state index is -0.0450. The van der Waals surface area contributed by atoms with Crippen molar-refractivity contribution in [3.63, 3.8) is 0 Å². The molecule has 0 atom stereocenters. The van der Waals surface area contributed by atoms with Gasteiger partial charge in [-0.15, -0.1) is 0 Å². The van der Waals surface area contributed by atoms with Crippen LogP contribution in [0.4, 0.5) is 5.69 Å². The number of hydrogen-bond donors (Lipinski definition) is 2. The number of anilines is 1. The summed E-state index contributed by atoms with van der Waals surface area (Å²) in [5.41, 5.74) is 7.06. The third kappa shape index (κ3) is 6.66. The van der Waals surface area contributed by atoms with Crippen molar-refractivity contribution in [1.82, 2.24) is 4.90 Å². The molecule has 5 nitrogen and oxygen atoms in total. The fourth-order valence-electron chi connectivity index (χ4n) is 1.81. The van der Waals surface area contributed by atoms with E-state index in [1.165, 1.54) is 0 Å².